The van der Waals surface area contributed by atoms with E-state index in [4.69, 9.17) is 0 Å². The molecule has 4 aromatic carbocycles. The van der Waals surface area contributed by atoms with E-state index in [0.29, 0.717) is 0 Å². The van der Waals surface area contributed by atoms with Crippen LogP contribution in [-0.4, -0.2) is 9.85 Å². The molecule has 0 fully saturated rings. The molecule has 0 aliphatic rings. The number of nitro groups is 2. The molecule has 0 radical (unpaired) electrons. The van der Waals surface area contributed by atoms with Crippen molar-refractivity contribution in [3.05, 3.63) is 188 Å². The number of non-ortho nitro benzene ring substituents is 2. The summed E-state index contributed by atoms with van der Waals surface area (Å²) in [6.07, 6.45) is 7.22. The number of hydrogen-bond donors (Lipinski definition) is 0. The van der Waals surface area contributed by atoms with Crippen molar-refractivity contribution in [2.75, 3.05) is 0 Å². The van der Waals surface area contributed by atoms with Crippen LogP contribution in [0.3, 0.4) is 0 Å². The van der Waals surface area contributed by atoms with Gasteiger partial charge in [-0.3, -0.25) is 20.2 Å². The third-order valence-corrected chi connectivity index (χ3v) is 7.18. The average Bonchev–Trinajstić information content (AvgIpc) is 2.99. The van der Waals surface area contributed by atoms with Gasteiger partial charge in [-0.25, -0.2) is 0 Å². The zero-order valence-corrected chi connectivity index (χ0v) is 23.0. The molecule has 0 heterocycles. The van der Waals surface area contributed by atoms with Gasteiger partial charge in [0, 0.05) is 29.7 Å². The molecule has 6 nitrogen and oxygen atoms in total. The maximum atomic E-state index is 11.1. The lowest BCUT2D eigenvalue weighted by molar-refractivity contribution is -0.385. The second kappa shape index (κ2) is 12.2. The highest BCUT2D eigenvalue weighted by molar-refractivity contribution is 5.82. The third-order valence-electron chi connectivity index (χ3n) is 7.18. The van der Waals surface area contributed by atoms with Gasteiger partial charge in [0.2, 0.25) is 0 Å². The SMILES string of the molecule is C=CC=C(c1ccc([N+](=O)[O-])cc1)c1ccc(C(C)(C)c2ccc(C(=CC=C)c3ccc([N+](=O)[O-])cc3)cc2)cc1. The first-order valence-corrected chi connectivity index (χ1v) is 13.0. The summed E-state index contributed by atoms with van der Waals surface area (Å²) >= 11 is 0. The second-order valence-electron chi connectivity index (χ2n) is 10.0. The molecule has 204 valence electrons. The zero-order valence-electron chi connectivity index (χ0n) is 23.0. The van der Waals surface area contributed by atoms with Crippen LogP contribution in [0.25, 0.3) is 11.1 Å². The topological polar surface area (TPSA) is 86.3 Å². The summed E-state index contributed by atoms with van der Waals surface area (Å²) in [4.78, 5) is 21.3. The number of nitro benzene ring substituents is 2. The highest BCUT2D eigenvalue weighted by Crippen LogP contribution is 2.35. The van der Waals surface area contributed by atoms with Crippen LogP contribution in [-0.2, 0) is 5.41 Å². The van der Waals surface area contributed by atoms with Gasteiger partial charge in [-0.2, -0.15) is 0 Å². The number of rotatable bonds is 10. The molecule has 4 rings (SSSR count). The zero-order chi connectivity index (χ0) is 29.6. The van der Waals surface area contributed by atoms with Crippen LogP contribution < -0.4 is 0 Å². The normalized spacial score (nSPS) is 12.0. The van der Waals surface area contributed by atoms with Gasteiger partial charge in [-0.1, -0.05) is 99.8 Å². The minimum absolute atomic E-state index is 0.0506. The lowest BCUT2D eigenvalue weighted by atomic mass is 9.77. The smallest absolute Gasteiger partial charge is 0.258 e. The first-order valence-electron chi connectivity index (χ1n) is 13.0. The molecule has 0 saturated carbocycles. The van der Waals surface area contributed by atoms with Gasteiger partial charge in [-0.05, 0) is 68.8 Å². The minimum atomic E-state index is -0.406. The van der Waals surface area contributed by atoms with Gasteiger partial charge in [0.25, 0.3) is 11.4 Å². The first kappa shape index (κ1) is 28.6. The molecule has 0 N–H and O–H groups in total. The van der Waals surface area contributed by atoms with E-state index in [2.05, 4.69) is 75.5 Å². The fourth-order valence-corrected chi connectivity index (χ4v) is 4.78. The van der Waals surface area contributed by atoms with Crippen molar-refractivity contribution < 1.29 is 9.85 Å². The molecule has 0 unspecified atom stereocenters. The first-order chi connectivity index (χ1) is 19.6. The van der Waals surface area contributed by atoms with Crippen LogP contribution in [0, 0.1) is 20.2 Å². The molecule has 0 aliphatic carbocycles. The van der Waals surface area contributed by atoms with Gasteiger partial charge >= 0.3 is 0 Å². The van der Waals surface area contributed by atoms with Crippen molar-refractivity contribution >= 4 is 22.5 Å². The van der Waals surface area contributed by atoms with E-state index in [1.807, 2.05) is 12.2 Å². The molecule has 0 spiro atoms. The van der Waals surface area contributed by atoms with E-state index >= 15 is 0 Å². The third kappa shape index (κ3) is 6.28. The molecule has 0 amide bonds. The Kier molecular flexibility index (Phi) is 8.54. The molecular formula is C35H30N2O4. The summed E-state index contributed by atoms with van der Waals surface area (Å²) in [5.41, 5.74) is 7.64. The van der Waals surface area contributed by atoms with Crippen LogP contribution in [0.1, 0.15) is 47.2 Å². The average molecular weight is 543 g/mol. The number of nitrogens with zero attached hydrogens (tertiary/aromatic N) is 2. The molecule has 6 heteroatoms. The predicted octanol–water partition coefficient (Wildman–Crippen LogP) is 9.06. The Balaban J connectivity index is 1.60. The quantitative estimate of drug-likeness (QED) is 0.114. The van der Waals surface area contributed by atoms with Crippen LogP contribution in [0.4, 0.5) is 11.4 Å². The Bertz CT molecular complexity index is 1520. The lowest BCUT2D eigenvalue weighted by Crippen LogP contribution is -2.18. The number of allylic oxidation sites excluding steroid dienone is 4. The fraction of sp³-hybridized carbons (Fsp3) is 0.0857. The summed E-state index contributed by atoms with van der Waals surface area (Å²) in [5, 5.41) is 22.1. The number of benzene rings is 4. The predicted molar refractivity (Wildman–Crippen MR) is 166 cm³/mol. The molecule has 0 aliphatic heterocycles. The standard InChI is InChI=1S/C35H30N2O4/c1-5-7-33(27-13-21-31(22-14-27)36(38)39)25-9-17-29(18-10-25)35(3,4)30-19-11-26(12-20-30)34(8-6-2)28-15-23-32(24-16-28)37(40)41/h5-24H,1-2H2,3-4H3. The summed E-state index contributed by atoms with van der Waals surface area (Å²) in [6, 6.07) is 29.7. The van der Waals surface area contributed by atoms with Crippen molar-refractivity contribution in [1.82, 2.24) is 0 Å². The largest absolute Gasteiger partial charge is 0.269 e. The van der Waals surface area contributed by atoms with Crippen LogP contribution in [0.2, 0.25) is 0 Å². The van der Waals surface area contributed by atoms with Gasteiger partial charge in [0.15, 0.2) is 0 Å². The van der Waals surface area contributed by atoms with E-state index in [9.17, 15) is 20.2 Å². The van der Waals surface area contributed by atoms with Crippen LogP contribution in [0.5, 0.6) is 0 Å². The molecular weight excluding hydrogens is 512 g/mol. The van der Waals surface area contributed by atoms with Crippen molar-refractivity contribution in [3.8, 4) is 0 Å². The van der Waals surface area contributed by atoms with Gasteiger partial charge < -0.3 is 0 Å². The van der Waals surface area contributed by atoms with E-state index in [-0.39, 0.29) is 16.8 Å². The van der Waals surface area contributed by atoms with E-state index in [1.54, 1.807) is 36.4 Å². The molecule has 0 saturated heterocycles. The molecule has 0 aromatic heterocycles. The maximum Gasteiger partial charge on any atom is 0.269 e. The van der Waals surface area contributed by atoms with Gasteiger partial charge in [-0.15, -0.1) is 0 Å². The second-order valence-corrected chi connectivity index (χ2v) is 10.0. The molecule has 41 heavy (non-hydrogen) atoms. The highest BCUT2D eigenvalue weighted by atomic mass is 16.6. The van der Waals surface area contributed by atoms with Gasteiger partial charge in [0.1, 0.15) is 0 Å². The minimum Gasteiger partial charge on any atom is -0.258 e. The van der Waals surface area contributed by atoms with Crippen LogP contribution in [0.15, 0.2) is 135 Å². The Labute approximate surface area is 239 Å². The molecule has 0 bridgehead atoms. The number of hydrogen-bond acceptors (Lipinski definition) is 4. The Morgan fingerprint density at radius 1 is 0.561 bits per heavy atom. The summed E-state index contributed by atoms with van der Waals surface area (Å²) in [5.74, 6) is 0. The van der Waals surface area contributed by atoms with Crippen molar-refractivity contribution in [1.29, 1.82) is 0 Å². The fourth-order valence-electron chi connectivity index (χ4n) is 4.78. The summed E-state index contributed by atoms with van der Waals surface area (Å²) in [6.45, 7) is 12.0. The summed E-state index contributed by atoms with van der Waals surface area (Å²) in [7, 11) is 0. The Hall–Kier alpha value is -5.36. The van der Waals surface area contributed by atoms with Crippen LogP contribution >= 0.6 is 0 Å². The van der Waals surface area contributed by atoms with Crippen molar-refractivity contribution in [2.45, 2.75) is 19.3 Å². The van der Waals surface area contributed by atoms with Crippen molar-refractivity contribution in [3.63, 3.8) is 0 Å². The molecule has 0 atom stereocenters. The van der Waals surface area contributed by atoms with Crippen molar-refractivity contribution in [2.24, 2.45) is 0 Å². The van der Waals surface area contributed by atoms with Gasteiger partial charge in [0.05, 0.1) is 9.85 Å². The maximum absolute atomic E-state index is 11.1. The monoisotopic (exact) mass is 542 g/mol. The Morgan fingerprint density at radius 3 is 1.07 bits per heavy atom. The lowest BCUT2D eigenvalue weighted by Gasteiger charge is -2.27. The Morgan fingerprint density at radius 2 is 0.829 bits per heavy atom. The molecule has 4 aromatic rings. The highest BCUT2D eigenvalue weighted by Gasteiger charge is 2.23. The van der Waals surface area contributed by atoms with E-state index in [0.717, 1.165) is 44.5 Å². The van der Waals surface area contributed by atoms with E-state index in [1.165, 1.54) is 24.3 Å². The summed E-state index contributed by atoms with van der Waals surface area (Å²) < 4.78 is 0. The van der Waals surface area contributed by atoms with E-state index < -0.39 is 9.85 Å².